The van der Waals surface area contributed by atoms with E-state index in [4.69, 9.17) is 5.11 Å². The largest absolute Gasteiger partial charge is 0.396 e. The minimum absolute atomic E-state index is 0.0305. The van der Waals surface area contributed by atoms with E-state index in [1.54, 1.807) is 0 Å². The SMILES string of the molecule is Cc1nc(C2CCCc3ccccc32)[nH]c(=O)c1CCO. The molecule has 1 heterocycles. The highest BCUT2D eigenvalue weighted by Crippen LogP contribution is 2.34. The Bertz CT molecular complexity index is 706. The number of hydrogen-bond donors (Lipinski definition) is 2. The summed E-state index contributed by atoms with van der Waals surface area (Å²) < 4.78 is 0. The molecule has 2 aromatic rings. The molecular weight excluding hydrogens is 264 g/mol. The molecule has 0 saturated carbocycles. The van der Waals surface area contributed by atoms with Crippen LogP contribution in [0.3, 0.4) is 0 Å². The van der Waals surface area contributed by atoms with Crippen molar-refractivity contribution in [2.45, 2.75) is 38.5 Å². The summed E-state index contributed by atoms with van der Waals surface area (Å²) in [5.41, 5.74) is 3.83. The molecule has 4 nitrogen and oxygen atoms in total. The van der Waals surface area contributed by atoms with Crippen molar-refractivity contribution in [2.24, 2.45) is 0 Å². The summed E-state index contributed by atoms with van der Waals surface area (Å²) in [6, 6.07) is 8.40. The van der Waals surface area contributed by atoms with Crippen molar-refractivity contribution in [3.05, 3.63) is 62.8 Å². The maximum atomic E-state index is 12.2. The van der Waals surface area contributed by atoms with Crippen LogP contribution in [0.15, 0.2) is 29.1 Å². The number of nitrogens with zero attached hydrogens (tertiary/aromatic N) is 1. The van der Waals surface area contributed by atoms with Gasteiger partial charge in [0.25, 0.3) is 5.56 Å². The second-order valence-corrected chi connectivity index (χ2v) is 5.63. The van der Waals surface area contributed by atoms with Crippen molar-refractivity contribution < 1.29 is 5.11 Å². The third-order valence-corrected chi connectivity index (χ3v) is 4.30. The first-order valence-electron chi connectivity index (χ1n) is 7.49. The number of aromatic amines is 1. The molecular formula is C17H20N2O2. The summed E-state index contributed by atoms with van der Waals surface area (Å²) in [5.74, 6) is 0.927. The van der Waals surface area contributed by atoms with Crippen LogP contribution in [0.1, 0.15) is 47.0 Å². The molecule has 4 heteroatoms. The molecule has 0 aliphatic heterocycles. The fourth-order valence-electron chi connectivity index (χ4n) is 3.24. The van der Waals surface area contributed by atoms with Crippen LogP contribution in [0.4, 0.5) is 0 Å². The van der Waals surface area contributed by atoms with E-state index in [9.17, 15) is 4.79 Å². The Morgan fingerprint density at radius 2 is 2.19 bits per heavy atom. The van der Waals surface area contributed by atoms with E-state index >= 15 is 0 Å². The van der Waals surface area contributed by atoms with Gasteiger partial charge < -0.3 is 10.1 Å². The van der Waals surface area contributed by atoms with E-state index in [1.807, 2.05) is 13.0 Å². The number of benzene rings is 1. The summed E-state index contributed by atoms with van der Waals surface area (Å²) in [4.78, 5) is 19.7. The molecule has 1 atom stereocenters. The van der Waals surface area contributed by atoms with Gasteiger partial charge in [0.15, 0.2) is 0 Å². The fraction of sp³-hybridized carbons (Fsp3) is 0.412. The Hall–Kier alpha value is -1.94. The highest BCUT2D eigenvalue weighted by molar-refractivity contribution is 5.36. The Kier molecular flexibility index (Phi) is 3.88. The van der Waals surface area contributed by atoms with Crippen LogP contribution in [0, 0.1) is 6.92 Å². The zero-order valence-electron chi connectivity index (χ0n) is 12.2. The summed E-state index contributed by atoms with van der Waals surface area (Å²) in [7, 11) is 0. The quantitative estimate of drug-likeness (QED) is 0.907. The van der Waals surface area contributed by atoms with E-state index in [1.165, 1.54) is 11.1 Å². The smallest absolute Gasteiger partial charge is 0.254 e. The van der Waals surface area contributed by atoms with Crippen molar-refractivity contribution in [1.82, 2.24) is 9.97 Å². The van der Waals surface area contributed by atoms with E-state index in [-0.39, 0.29) is 18.1 Å². The zero-order chi connectivity index (χ0) is 14.8. The lowest BCUT2D eigenvalue weighted by molar-refractivity contribution is 0.298. The maximum absolute atomic E-state index is 12.2. The first-order chi connectivity index (χ1) is 10.2. The molecule has 0 radical (unpaired) electrons. The van der Waals surface area contributed by atoms with Crippen LogP contribution < -0.4 is 5.56 Å². The summed E-state index contributed by atoms with van der Waals surface area (Å²) >= 11 is 0. The van der Waals surface area contributed by atoms with Crippen molar-refractivity contribution in [1.29, 1.82) is 0 Å². The van der Waals surface area contributed by atoms with Crippen LogP contribution in [0.2, 0.25) is 0 Å². The minimum Gasteiger partial charge on any atom is -0.396 e. The highest BCUT2D eigenvalue weighted by atomic mass is 16.3. The molecule has 0 fully saturated rings. The van der Waals surface area contributed by atoms with Crippen molar-refractivity contribution in [2.75, 3.05) is 6.61 Å². The molecule has 3 rings (SSSR count). The normalized spacial score (nSPS) is 17.5. The van der Waals surface area contributed by atoms with Crippen LogP contribution in [0.25, 0.3) is 0 Å². The average molecular weight is 284 g/mol. The van der Waals surface area contributed by atoms with Crippen LogP contribution >= 0.6 is 0 Å². The number of hydrogen-bond acceptors (Lipinski definition) is 3. The topological polar surface area (TPSA) is 66.0 Å². The van der Waals surface area contributed by atoms with Gasteiger partial charge in [-0.2, -0.15) is 0 Å². The monoisotopic (exact) mass is 284 g/mol. The fourth-order valence-corrected chi connectivity index (χ4v) is 3.24. The average Bonchev–Trinajstić information content (AvgIpc) is 2.50. The standard InChI is InChI=1S/C17H20N2O2/c1-11-13(9-10-20)17(21)19-16(18-11)15-8-4-6-12-5-2-3-7-14(12)15/h2-3,5,7,15,20H,4,6,8-10H2,1H3,(H,18,19,21). The third kappa shape index (κ3) is 2.63. The van der Waals surface area contributed by atoms with Gasteiger partial charge in [0.1, 0.15) is 5.82 Å². The van der Waals surface area contributed by atoms with Crippen LogP contribution in [-0.2, 0) is 12.8 Å². The number of fused-ring (bicyclic) bond motifs is 1. The Balaban J connectivity index is 2.05. The molecule has 0 amide bonds. The van der Waals surface area contributed by atoms with Crippen LogP contribution in [-0.4, -0.2) is 21.7 Å². The number of aliphatic hydroxyl groups is 1. The Morgan fingerprint density at radius 3 is 2.95 bits per heavy atom. The van der Waals surface area contributed by atoms with Gasteiger partial charge >= 0.3 is 0 Å². The molecule has 1 aromatic carbocycles. The van der Waals surface area contributed by atoms with E-state index in [2.05, 4.69) is 28.2 Å². The number of aliphatic hydroxyl groups excluding tert-OH is 1. The second kappa shape index (κ2) is 5.82. The van der Waals surface area contributed by atoms with Crippen molar-refractivity contribution in [3.8, 4) is 0 Å². The first kappa shape index (κ1) is 14.0. The molecule has 0 saturated heterocycles. The van der Waals surface area contributed by atoms with Gasteiger partial charge in [-0.05, 0) is 37.3 Å². The van der Waals surface area contributed by atoms with E-state index < -0.39 is 0 Å². The molecule has 1 aliphatic rings. The Morgan fingerprint density at radius 1 is 1.38 bits per heavy atom. The third-order valence-electron chi connectivity index (χ3n) is 4.30. The predicted molar refractivity (Wildman–Crippen MR) is 81.6 cm³/mol. The van der Waals surface area contributed by atoms with E-state index in [0.29, 0.717) is 12.0 Å². The lowest BCUT2D eigenvalue weighted by Gasteiger charge is -2.25. The van der Waals surface area contributed by atoms with Gasteiger partial charge in [-0.1, -0.05) is 24.3 Å². The molecule has 0 bridgehead atoms. The molecule has 1 aromatic heterocycles. The molecule has 1 unspecified atom stereocenters. The maximum Gasteiger partial charge on any atom is 0.254 e. The minimum atomic E-state index is -0.116. The zero-order valence-corrected chi connectivity index (χ0v) is 12.2. The van der Waals surface area contributed by atoms with E-state index in [0.717, 1.165) is 30.8 Å². The van der Waals surface area contributed by atoms with Gasteiger partial charge in [-0.15, -0.1) is 0 Å². The van der Waals surface area contributed by atoms with Crippen molar-refractivity contribution in [3.63, 3.8) is 0 Å². The number of aryl methyl sites for hydroxylation is 2. The van der Waals surface area contributed by atoms with Gasteiger partial charge in [0.05, 0.1) is 0 Å². The molecule has 2 N–H and O–H groups in total. The van der Waals surface area contributed by atoms with Gasteiger partial charge in [0.2, 0.25) is 0 Å². The number of rotatable bonds is 3. The number of H-pyrrole nitrogens is 1. The Labute approximate surface area is 123 Å². The highest BCUT2D eigenvalue weighted by Gasteiger charge is 2.24. The van der Waals surface area contributed by atoms with Gasteiger partial charge in [0, 0.05) is 30.2 Å². The number of aromatic nitrogens is 2. The lowest BCUT2D eigenvalue weighted by Crippen LogP contribution is -2.23. The molecule has 110 valence electrons. The summed E-state index contributed by atoms with van der Waals surface area (Å²) in [6.45, 7) is 1.82. The van der Waals surface area contributed by atoms with Gasteiger partial charge in [-0.3, -0.25) is 4.79 Å². The summed E-state index contributed by atoms with van der Waals surface area (Å²) in [6.07, 6.45) is 3.58. The lowest BCUT2D eigenvalue weighted by atomic mass is 9.82. The predicted octanol–water partition coefficient (Wildman–Crippen LogP) is 2.08. The summed E-state index contributed by atoms with van der Waals surface area (Å²) in [5, 5.41) is 9.04. The second-order valence-electron chi connectivity index (χ2n) is 5.63. The first-order valence-corrected chi connectivity index (χ1v) is 7.49. The molecule has 1 aliphatic carbocycles. The van der Waals surface area contributed by atoms with Crippen LogP contribution in [0.5, 0.6) is 0 Å². The molecule has 0 spiro atoms. The van der Waals surface area contributed by atoms with Crippen molar-refractivity contribution >= 4 is 0 Å². The molecule has 21 heavy (non-hydrogen) atoms. The number of nitrogens with one attached hydrogen (secondary N) is 1. The van der Waals surface area contributed by atoms with Gasteiger partial charge in [-0.25, -0.2) is 4.98 Å².